The molecule has 4 rings (SSSR count). The van der Waals surface area contributed by atoms with Crippen molar-refractivity contribution >= 4 is 11.8 Å². The molecule has 0 bridgehead atoms. The molecule has 0 radical (unpaired) electrons. The Balaban J connectivity index is 1.79. The van der Waals surface area contributed by atoms with Crippen molar-refractivity contribution in [1.29, 1.82) is 0 Å². The van der Waals surface area contributed by atoms with Gasteiger partial charge in [0.2, 0.25) is 11.6 Å². The summed E-state index contributed by atoms with van der Waals surface area (Å²) in [5, 5.41) is 4.23. The zero-order chi connectivity index (χ0) is 24.4. The standard InChI is InChI=1S/C25H27N5O4/c1-17-7-9-20(10-8-17)16-29-24(33)22(23(32)28-13-11-27(12-14-28)19(3)31)26-30(25(29)34)21-6-4-5-18(2)15-21/h4-10,15H,11-14,16H2,1-3H3. The Hall–Kier alpha value is -4.01. The summed E-state index contributed by atoms with van der Waals surface area (Å²) < 4.78 is 2.17. The van der Waals surface area contributed by atoms with E-state index < -0.39 is 17.2 Å². The van der Waals surface area contributed by atoms with Crippen LogP contribution in [0.3, 0.4) is 0 Å². The average Bonchev–Trinajstić information content (AvgIpc) is 2.82. The first kappa shape index (κ1) is 23.2. The zero-order valence-corrected chi connectivity index (χ0v) is 19.5. The Kier molecular flexibility index (Phi) is 6.45. The number of hydrogen-bond acceptors (Lipinski definition) is 5. The summed E-state index contributed by atoms with van der Waals surface area (Å²) in [5.41, 5.74) is 1.55. The molecule has 176 valence electrons. The van der Waals surface area contributed by atoms with Gasteiger partial charge in [0, 0.05) is 33.1 Å². The maximum Gasteiger partial charge on any atom is 0.352 e. The topological polar surface area (TPSA) is 97.5 Å². The van der Waals surface area contributed by atoms with E-state index in [4.69, 9.17) is 0 Å². The smallest absolute Gasteiger partial charge is 0.339 e. The molecular formula is C25H27N5O4. The van der Waals surface area contributed by atoms with Crippen LogP contribution in [0.2, 0.25) is 0 Å². The third-order valence-corrected chi connectivity index (χ3v) is 5.98. The van der Waals surface area contributed by atoms with E-state index in [1.54, 1.807) is 23.1 Å². The summed E-state index contributed by atoms with van der Waals surface area (Å²) in [6, 6.07) is 14.7. The van der Waals surface area contributed by atoms with E-state index in [1.807, 2.05) is 44.2 Å². The summed E-state index contributed by atoms with van der Waals surface area (Å²) in [4.78, 5) is 54.8. The van der Waals surface area contributed by atoms with Crippen LogP contribution in [0.25, 0.3) is 5.69 Å². The number of aryl methyl sites for hydroxylation is 2. The molecule has 2 amide bonds. The highest BCUT2D eigenvalue weighted by molar-refractivity contribution is 5.92. The maximum atomic E-state index is 13.3. The van der Waals surface area contributed by atoms with Crippen molar-refractivity contribution in [3.63, 3.8) is 0 Å². The van der Waals surface area contributed by atoms with Gasteiger partial charge in [0.05, 0.1) is 12.2 Å². The first-order chi connectivity index (χ1) is 16.2. The van der Waals surface area contributed by atoms with Crippen molar-refractivity contribution in [3.05, 3.63) is 91.8 Å². The Morgan fingerprint density at radius 3 is 2.15 bits per heavy atom. The molecule has 0 saturated carbocycles. The third-order valence-electron chi connectivity index (χ3n) is 5.98. The van der Waals surface area contributed by atoms with Crippen LogP contribution in [0.15, 0.2) is 58.1 Å². The van der Waals surface area contributed by atoms with E-state index in [1.165, 1.54) is 11.8 Å². The molecule has 0 atom stereocenters. The molecule has 0 N–H and O–H groups in total. The van der Waals surface area contributed by atoms with E-state index in [9.17, 15) is 19.2 Å². The molecule has 0 aliphatic carbocycles. The normalized spacial score (nSPS) is 13.7. The number of benzene rings is 2. The van der Waals surface area contributed by atoms with Gasteiger partial charge in [0.15, 0.2) is 0 Å². The molecule has 0 unspecified atom stereocenters. The highest BCUT2D eigenvalue weighted by Gasteiger charge is 2.28. The Bertz CT molecular complexity index is 1350. The minimum Gasteiger partial charge on any atom is -0.339 e. The van der Waals surface area contributed by atoms with Crippen molar-refractivity contribution in [2.24, 2.45) is 0 Å². The molecule has 1 aliphatic heterocycles. The fraction of sp³-hybridized carbons (Fsp3) is 0.320. The monoisotopic (exact) mass is 461 g/mol. The minimum absolute atomic E-state index is 0.0185. The van der Waals surface area contributed by atoms with Crippen LogP contribution in [0.5, 0.6) is 0 Å². The maximum absolute atomic E-state index is 13.3. The second-order valence-electron chi connectivity index (χ2n) is 8.56. The molecule has 1 aliphatic rings. The molecule has 2 aromatic carbocycles. The second kappa shape index (κ2) is 9.46. The van der Waals surface area contributed by atoms with Gasteiger partial charge >= 0.3 is 5.69 Å². The van der Waals surface area contributed by atoms with Gasteiger partial charge in [-0.05, 0) is 37.1 Å². The number of rotatable bonds is 4. The molecule has 9 nitrogen and oxygen atoms in total. The molecule has 0 spiro atoms. The minimum atomic E-state index is -0.728. The van der Waals surface area contributed by atoms with E-state index in [0.717, 1.165) is 25.9 Å². The fourth-order valence-corrected chi connectivity index (χ4v) is 3.97. The third kappa shape index (κ3) is 4.68. The summed E-state index contributed by atoms with van der Waals surface area (Å²) in [6.07, 6.45) is 0. The van der Waals surface area contributed by atoms with Crippen molar-refractivity contribution in [2.75, 3.05) is 26.2 Å². The van der Waals surface area contributed by atoms with Gasteiger partial charge in [-0.1, -0.05) is 42.0 Å². The van der Waals surface area contributed by atoms with Crippen molar-refractivity contribution < 1.29 is 9.59 Å². The van der Waals surface area contributed by atoms with Gasteiger partial charge in [-0.15, -0.1) is 0 Å². The lowest BCUT2D eigenvalue weighted by Gasteiger charge is -2.33. The van der Waals surface area contributed by atoms with Crippen LogP contribution in [0.1, 0.15) is 34.1 Å². The lowest BCUT2D eigenvalue weighted by Crippen LogP contribution is -2.52. The summed E-state index contributed by atoms with van der Waals surface area (Å²) in [5.74, 6) is -0.606. The molecule has 1 aromatic heterocycles. The molecule has 34 heavy (non-hydrogen) atoms. The first-order valence-corrected chi connectivity index (χ1v) is 11.2. The molecule has 3 aromatic rings. The molecule has 1 fully saturated rings. The predicted octanol–water partition coefficient (Wildman–Crippen LogP) is 1.36. The van der Waals surface area contributed by atoms with Gasteiger partial charge < -0.3 is 9.80 Å². The average molecular weight is 462 g/mol. The van der Waals surface area contributed by atoms with Gasteiger partial charge in [-0.2, -0.15) is 9.78 Å². The molecule has 2 heterocycles. The number of carbonyl (C=O) groups excluding carboxylic acids is 2. The van der Waals surface area contributed by atoms with Crippen LogP contribution in [0.4, 0.5) is 0 Å². The van der Waals surface area contributed by atoms with E-state index >= 15 is 0 Å². The lowest BCUT2D eigenvalue weighted by atomic mass is 10.1. The molecule has 9 heteroatoms. The molecule has 1 saturated heterocycles. The van der Waals surface area contributed by atoms with Crippen LogP contribution >= 0.6 is 0 Å². The molecular weight excluding hydrogens is 434 g/mol. The van der Waals surface area contributed by atoms with Crippen molar-refractivity contribution in [1.82, 2.24) is 24.1 Å². The number of nitrogens with zero attached hydrogens (tertiary/aromatic N) is 5. The van der Waals surface area contributed by atoms with Gasteiger partial charge in [-0.3, -0.25) is 19.0 Å². The van der Waals surface area contributed by atoms with Gasteiger partial charge in [0.1, 0.15) is 0 Å². The van der Waals surface area contributed by atoms with E-state index in [2.05, 4.69) is 5.10 Å². The Morgan fingerprint density at radius 2 is 1.53 bits per heavy atom. The van der Waals surface area contributed by atoms with Crippen LogP contribution in [-0.2, 0) is 11.3 Å². The van der Waals surface area contributed by atoms with Crippen LogP contribution in [0, 0.1) is 13.8 Å². The largest absolute Gasteiger partial charge is 0.352 e. The highest BCUT2D eigenvalue weighted by Crippen LogP contribution is 2.10. The van der Waals surface area contributed by atoms with Crippen LogP contribution in [-0.4, -0.2) is 62.1 Å². The summed E-state index contributed by atoms with van der Waals surface area (Å²) >= 11 is 0. The second-order valence-corrected chi connectivity index (χ2v) is 8.56. The summed E-state index contributed by atoms with van der Waals surface area (Å²) in [6.45, 7) is 6.70. The van der Waals surface area contributed by atoms with E-state index in [0.29, 0.717) is 31.9 Å². The van der Waals surface area contributed by atoms with Crippen molar-refractivity contribution in [2.45, 2.75) is 27.3 Å². The van der Waals surface area contributed by atoms with Gasteiger partial charge in [0.25, 0.3) is 11.5 Å². The number of piperazine rings is 1. The first-order valence-electron chi connectivity index (χ1n) is 11.2. The SMILES string of the molecule is CC(=O)N1CCN(C(=O)c2nn(-c3cccc(C)c3)c(=O)n(Cc3ccc(C)cc3)c2=O)CC1. The highest BCUT2D eigenvalue weighted by atomic mass is 16.2. The number of hydrogen-bond donors (Lipinski definition) is 0. The Labute approximate surface area is 196 Å². The lowest BCUT2D eigenvalue weighted by molar-refractivity contribution is -0.130. The number of carbonyl (C=O) groups is 2. The zero-order valence-electron chi connectivity index (χ0n) is 19.5. The predicted molar refractivity (Wildman–Crippen MR) is 127 cm³/mol. The summed E-state index contributed by atoms with van der Waals surface area (Å²) in [7, 11) is 0. The fourth-order valence-electron chi connectivity index (χ4n) is 3.97. The Morgan fingerprint density at radius 1 is 0.882 bits per heavy atom. The van der Waals surface area contributed by atoms with E-state index in [-0.39, 0.29) is 18.1 Å². The van der Waals surface area contributed by atoms with Crippen LogP contribution < -0.4 is 11.2 Å². The quantitative estimate of drug-likeness (QED) is 0.585. The van der Waals surface area contributed by atoms with Crippen molar-refractivity contribution in [3.8, 4) is 5.69 Å². The number of amides is 2. The number of aromatic nitrogens is 3. The van der Waals surface area contributed by atoms with Gasteiger partial charge in [-0.25, -0.2) is 4.79 Å².